The fraction of sp³-hybridized carbons (Fsp3) is 0.350. The van der Waals surface area contributed by atoms with Crippen molar-refractivity contribution in [2.45, 2.75) is 25.4 Å². The average molecular weight is 354 g/mol. The molecule has 1 fully saturated rings. The highest BCUT2D eigenvalue weighted by atomic mass is 32.1. The van der Waals surface area contributed by atoms with Crippen LogP contribution in [-0.2, 0) is 6.54 Å². The van der Waals surface area contributed by atoms with Crippen LogP contribution in [0.1, 0.15) is 29.5 Å². The van der Waals surface area contributed by atoms with E-state index in [2.05, 4.69) is 29.2 Å². The van der Waals surface area contributed by atoms with Gasteiger partial charge in [0.15, 0.2) is 0 Å². The maximum absolute atomic E-state index is 5.61. The molecule has 1 aliphatic rings. The zero-order chi connectivity index (χ0) is 17.2. The SMILES string of the molecule is COc1ccc(OC)c(C2CCCN2Cc2nc3ccccc3s2)c1. The Hall–Kier alpha value is -2.11. The van der Waals surface area contributed by atoms with Crippen molar-refractivity contribution in [3.05, 3.63) is 53.0 Å². The Bertz CT molecular complexity index is 844. The van der Waals surface area contributed by atoms with Gasteiger partial charge in [-0.2, -0.15) is 0 Å². The first-order valence-electron chi connectivity index (χ1n) is 8.59. The van der Waals surface area contributed by atoms with Crippen molar-refractivity contribution < 1.29 is 9.47 Å². The summed E-state index contributed by atoms with van der Waals surface area (Å²) in [6.07, 6.45) is 2.32. The average Bonchev–Trinajstić information content (AvgIpc) is 3.27. The third kappa shape index (κ3) is 3.22. The van der Waals surface area contributed by atoms with Crippen molar-refractivity contribution in [2.24, 2.45) is 0 Å². The molecular weight excluding hydrogens is 332 g/mol. The van der Waals surface area contributed by atoms with Crippen LogP contribution >= 0.6 is 11.3 Å². The van der Waals surface area contributed by atoms with Gasteiger partial charge < -0.3 is 9.47 Å². The zero-order valence-corrected chi connectivity index (χ0v) is 15.4. The molecule has 0 bridgehead atoms. The molecule has 1 aliphatic heterocycles. The van der Waals surface area contributed by atoms with E-state index in [0.29, 0.717) is 6.04 Å². The number of thiazole rings is 1. The topological polar surface area (TPSA) is 34.6 Å². The number of aromatic nitrogens is 1. The van der Waals surface area contributed by atoms with Gasteiger partial charge in [0.2, 0.25) is 0 Å². The monoisotopic (exact) mass is 354 g/mol. The third-order valence-corrected chi connectivity index (χ3v) is 5.86. The number of benzene rings is 2. The molecule has 1 unspecified atom stereocenters. The number of fused-ring (bicyclic) bond motifs is 1. The third-order valence-electron chi connectivity index (χ3n) is 4.84. The molecule has 4 rings (SSSR count). The van der Waals surface area contributed by atoms with Gasteiger partial charge in [-0.1, -0.05) is 12.1 Å². The minimum Gasteiger partial charge on any atom is -0.497 e. The number of methoxy groups -OCH3 is 2. The maximum Gasteiger partial charge on any atom is 0.123 e. The van der Waals surface area contributed by atoms with Gasteiger partial charge in [0, 0.05) is 11.6 Å². The second kappa shape index (κ2) is 7.02. The predicted octanol–water partition coefficient (Wildman–Crippen LogP) is 4.65. The second-order valence-corrected chi connectivity index (χ2v) is 7.43. The van der Waals surface area contributed by atoms with Crippen molar-refractivity contribution in [1.82, 2.24) is 9.88 Å². The van der Waals surface area contributed by atoms with Gasteiger partial charge in [-0.15, -0.1) is 11.3 Å². The first kappa shape index (κ1) is 16.4. The molecular formula is C20H22N2O2S. The highest BCUT2D eigenvalue weighted by Gasteiger charge is 2.29. The number of hydrogen-bond donors (Lipinski definition) is 0. The first-order valence-corrected chi connectivity index (χ1v) is 9.40. The van der Waals surface area contributed by atoms with Gasteiger partial charge in [0.05, 0.1) is 31.0 Å². The van der Waals surface area contributed by atoms with E-state index in [1.165, 1.54) is 21.7 Å². The molecule has 4 nitrogen and oxygen atoms in total. The molecule has 0 aliphatic carbocycles. The smallest absolute Gasteiger partial charge is 0.123 e. The van der Waals surface area contributed by atoms with E-state index in [1.807, 2.05) is 18.2 Å². The molecule has 1 atom stereocenters. The number of hydrogen-bond acceptors (Lipinski definition) is 5. The van der Waals surface area contributed by atoms with Crippen LogP contribution in [0.25, 0.3) is 10.2 Å². The van der Waals surface area contributed by atoms with Crippen LogP contribution in [0.5, 0.6) is 11.5 Å². The van der Waals surface area contributed by atoms with E-state index in [-0.39, 0.29) is 0 Å². The summed E-state index contributed by atoms with van der Waals surface area (Å²) in [5.74, 6) is 1.81. The Labute approximate surface area is 152 Å². The number of nitrogens with zero attached hydrogens (tertiary/aromatic N) is 2. The summed E-state index contributed by atoms with van der Waals surface area (Å²) >= 11 is 1.79. The van der Waals surface area contributed by atoms with Crippen molar-refractivity contribution >= 4 is 21.6 Å². The van der Waals surface area contributed by atoms with Crippen LogP contribution in [0.2, 0.25) is 0 Å². The summed E-state index contributed by atoms with van der Waals surface area (Å²) in [6, 6.07) is 14.8. The van der Waals surface area contributed by atoms with Gasteiger partial charge in [0.25, 0.3) is 0 Å². The number of para-hydroxylation sites is 1. The Morgan fingerprint density at radius 2 is 2.04 bits per heavy atom. The molecule has 2 heterocycles. The van der Waals surface area contributed by atoms with Gasteiger partial charge >= 0.3 is 0 Å². The molecule has 0 radical (unpaired) electrons. The molecule has 25 heavy (non-hydrogen) atoms. The van der Waals surface area contributed by atoms with Crippen LogP contribution in [0.15, 0.2) is 42.5 Å². The minimum atomic E-state index is 0.345. The van der Waals surface area contributed by atoms with E-state index in [4.69, 9.17) is 14.5 Å². The Morgan fingerprint density at radius 3 is 2.84 bits per heavy atom. The quantitative estimate of drug-likeness (QED) is 0.668. The molecule has 1 saturated heterocycles. The van der Waals surface area contributed by atoms with E-state index in [9.17, 15) is 0 Å². The highest BCUT2D eigenvalue weighted by Crippen LogP contribution is 2.40. The normalized spacial score (nSPS) is 17.9. The van der Waals surface area contributed by atoms with Crippen molar-refractivity contribution in [3.63, 3.8) is 0 Å². The van der Waals surface area contributed by atoms with Gasteiger partial charge in [-0.25, -0.2) is 4.98 Å². The zero-order valence-electron chi connectivity index (χ0n) is 14.6. The summed E-state index contributed by atoms with van der Waals surface area (Å²) in [5.41, 5.74) is 2.30. The predicted molar refractivity (Wildman–Crippen MR) is 102 cm³/mol. The van der Waals surface area contributed by atoms with E-state index < -0.39 is 0 Å². The Kier molecular flexibility index (Phi) is 4.59. The summed E-state index contributed by atoms with van der Waals surface area (Å²) in [7, 11) is 3.44. The van der Waals surface area contributed by atoms with Crippen LogP contribution in [-0.4, -0.2) is 30.6 Å². The molecule has 0 amide bonds. The van der Waals surface area contributed by atoms with Gasteiger partial charge in [-0.3, -0.25) is 4.90 Å². The molecule has 0 spiro atoms. The maximum atomic E-state index is 5.61. The van der Waals surface area contributed by atoms with Crippen LogP contribution in [0, 0.1) is 0 Å². The van der Waals surface area contributed by atoms with Crippen molar-refractivity contribution in [1.29, 1.82) is 0 Å². The minimum absolute atomic E-state index is 0.345. The standard InChI is InChI=1S/C20H22N2O2S/c1-23-14-9-10-18(24-2)15(12-14)17-7-5-11-22(17)13-20-21-16-6-3-4-8-19(16)25-20/h3-4,6,8-10,12,17H,5,7,11,13H2,1-2H3. The molecule has 5 heteroatoms. The fourth-order valence-electron chi connectivity index (χ4n) is 3.63. The number of ether oxygens (including phenoxy) is 2. The van der Waals surface area contributed by atoms with Crippen LogP contribution in [0.3, 0.4) is 0 Å². The largest absolute Gasteiger partial charge is 0.497 e. The number of likely N-dealkylation sites (tertiary alicyclic amines) is 1. The van der Waals surface area contributed by atoms with Crippen molar-refractivity contribution in [3.8, 4) is 11.5 Å². The van der Waals surface area contributed by atoms with Crippen LogP contribution < -0.4 is 9.47 Å². The summed E-state index contributed by atoms with van der Waals surface area (Å²) in [4.78, 5) is 7.31. The lowest BCUT2D eigenvalue weighted by molar-refractivity contribution is 0.242. The lowest BCUT2D eigenvalue weighted by atomic mass is 10.0. The van der Waals surface area contributed by atoms with E-state index in [0.717, 1.165) is 36.5 Å². The summed E-state index contributed by atoms with van der Waals surface area (Å²) < 4.78 is 12.3. The molecule has 3 aromatic rings. The Morgan fingerprint density at radius 1 is 1.16 bits per heavy atom. The van der Waals surface area contributed by atoms with Gasteiger partial charge in [0.1, 0.15) is 16.5 Å². The highest BCUT2D eigenvalue weighted by molar-refractivity contribution is 7.18. The lowest BCUT2D eigenvalue weighted by Gasteiger charge is -2.25. The van der Waals surface area contributed by atoms with Gasteiger partial charge in [-0.05, 0) is 49.7 Å². The Balaban J connectivity index is 1.62. The summed E-state index contributed by atoms with van der Waals surface area (Å²) in [6.45, 7) is 1.96. The second-order valence-electron chi connectivity index (χ2n) is 6.31. The lowest BCUT2D eigenvalue weighted by Crippen LogP contribution is -2.23. The fourth-order valence-corrected chi connectivity index (χ4v) is 4.62. The molecule has 1 aromatic heterocycles. The van der Waals surface area contributed by atoms with Crippen LogP contribution in [0.4, 0.5) is 0 Å². The molecule has 2 aromatic carbocycles. The molecule has 0 N–H and O–H groups in total. The first-order chi connectivity index (χ1) is 12.3. The number of rotatable bonds is 5. The van der Waals surface area contributed by atoms with E-state index >= 15 is 0 Å². The van der Waals surface area contributed by atoms with E-state index in [1.54, 1.807) is 25.6 Å². The summed E-state index contributed by atoms with van der Waals surface area (Å²) in [5, 5.41) is 1.18. The van der Waals surface area contributed by atoms with Crippen molar-refractivity contribution in [2.75, 3.05) is 20.8 Å². The molecule has 0 saturated carbocycles. The molecule has 130 valence electrons.